The Kier molecular flexibility index (Phi) is 4.96. The monoisotopic (exact) mass is 395 g/mol. The van der Waals surface area contributed by atoms with Crippen molar-refractivity contribution >= 4 is 34.0 Å². The molecule has 0 aliphatic heterocycles. The first-order chi connectivity index (χ1) is 13.5. The van der Waals surface area contributed by atoms with Gasteiger partial charge in [0.25, 0.3) is 0 Å². The second kappa shape index (κ2) is 7.56. The summed E-state index contributed by atoms with van der Waals surface area (Å²) in [7, 11) is 1.66. The Morgan fingerprint density at radius 2 is 2.04 bits per heavy atom. The Hall–Kier alpha value is -2.99. The van der Waals surface area contributed by atoms with E-state index < -0.39 is 0 Å². The minimum atomic E-state index is 0.520. The van der Waals surface area contributed by atoms with Crippen LogP contribution < -0.4 is 10.1 Å². The molecule has 0 bridgehead atoms. The van der Waals surface area contributed by atoms with E-state index in [1.807, 2.05) is 64.2 Å². The van der Waals surface area contributed by atoms with Gasteiger partial charge < -0.3 is 10.1 Å². The van der Waals surface area contributed by atoms with Gasteiger partial charge in [-0.3, -0.25) is 4.68 Å². The van der Waals surface area contributed by atoms with E-state index >= 15 is 0 Å². The number of nitrogens with zero attached hydrogens (tertiary/aromatic N) is 4. The maximum atomic E-state index is 6.13. The molecule has 2 aromatic carbocycles. The van der Waals surface area contributed by atoms with Crippen molar-refractivity contribution in [2.45, 2.75) is 20.4 Å². The van der Waals surface area contributed by atoms with Gasteiger partial charge in [0.2, 0.25) is 0 Å². The van der Waals surface area contributed by atoms with Crippen molar-refractivity contribution in [1.82, 2.24) is 19.6 Å². The van der Waals surface area contributed by atoms with E-state index in [2.05, 4.69) is 24.3 Å². The van der Waals surface area contributed by atoms with Crippen LogP contribution in [0.2, 0.25) is 5.02 Å². The number of halogens is 1. The largest absolute Gasteiger partial charge is 0.497 e. The van der Waals surface area contributed by atoms with Crippen LogP contribution in [0.4, 0.5) is 11.5 Å². The Morgan fingerprint density at radius 3 is 2.79 bits per heavy atom. The Morgan fingerprint density at radius 1 is 1.18 bits per heavy atom. The van der Waals surface area contributed by atoms with Crippen LogP contribution in [0, 0.1) is 5.92 Å². The lowest BCUT2D eigenvalue weighted by Gasteiger charge is -2.04. The highest BCUT2D eigenvalue weighted by atomic mass is 35.5. The summed E-state index contributed by atoms with van der Waals surface area (Å²) in [6.45, 7) is 5.20. The van der Waals surface area contributed by atoms with E-state index in [1.165, 1.54) is 0 Å². The molecule has 2 aromatic heterocycles. The molecule has 0 saturated heterocycles. The number of fused-ring (bicyclic) bond motifs is 1. The summed E-state index contributed by atoms with van der Waals surface area (Å²) < 4.78 is 9.25. The second-order valence-corrected chi connectivity index (χ2v) is 7.53. The van der Waals surface area contributed by atoms with Crippen LogP contribution in [0.5, 0.6) is 5.75 Å². The lowest BCUT2D eigenvalue weighted by atomic mass is 10.2. The van der Waals surface area contributed by atoms with Gasteiger partial charge in [-0.25, -0.2) is 4.68 Å². The summed E-state index contributed by atoms with van der Waals surface area (Å²) in [4.78, 5) is 0. The number of nitrogens with one attached hydrogen (secondary N) is 1. The molecule has 0 aliphatic rings. The summed E-state index contributed by atoms with van der Waals surface area (Å²) in [5.74, 6) is 2.02. The average molecular weight is 396 g/mol. The van der Waals surface area contributed by atoms with Crippen LogP contribution in [-0.2, 0) is 6.54 Å². The fourth-order valence-electron chi connectivity index (χ4n) is 3.15. The van der Waals surface area contributed by atoms with Crippen molar-refractivity contribution in [3.05, 3.63) is 59.9 Å². The molecule has 2 heterocycles. The van der Waals surface area contributed by atoms with E-state index in [0.29, 0.717) is 10.9 Å². The van der Waals surface area contributed by atoms with E-state index in [4.69, 9.17) is 21.4 Å². The van der Waals surface area contributed by atoms with Gasteiger partial charge >= 0.3 is 0 Å². The van der Waals surface area contributed by atoms with Crippen molar-refractivity contribution in [2.75, 3.05) is 12.4 Å². The Balaban J connectivity index is 1.80. The molecule has 7 heteroatoms. The predicted octanol–water partition coefficient (Wildman–Crippen LogP) is 5.28. The number of benzene rings is 2. The topological polar surface area (TPSA) is 56.9 Å². The van der Waals surface area contributed by atoms with E-state index in [0.717, 1.165) is 40.4 Å². The summed E-state index contributed by atoms with van der Waals surface area (Å²) in [5.41, 5.74) is 2.75. The molecule has 6 nitrogen and oxygen atoms in total. The van der Waals surface area contributed by atoms with Crippen LogP contribution in [0.3, 0.4) is 0 Å². The van der Waals surface area contributed by atoms with Crippen molar-refractivity contribution < 1.29 is 4.74 Å². The first kappa shape index (κ1) is 18.4. The first-order valence-electron chi connectivity index (χ1n) is 9.15. The molecule has 0 amide bonds. The fourth-order valence-corrected chi connectivity index (χ4v) is 3.34. The zero-order valence-electron chi connectivity index (χ0n) is 16.1. The number of rotatable bonds is 6. The van der Waals surface area contributed by atoms with Gasteiger partial charge in [-0.05, 0) is 42.3 Å². The SMILES string of the molecule is COc1ccc2c(c1)c(Nc1cccc(Cl)c1)nn2-c1cnn(CC(C)C)c1. The van der Waals surface area contributed by atoms with Gasteiger partial charge in [-0.15, -0.1) is 5.10 Å². The lowest BCUT2D eigenvalue weighted by molar-refractivity contribution is 0.415. The molecule has 0 unspecified atom stereocenters. The van der Waals surface area contributed by atoms with Crippen molar-refractivity contribution in [1.29, 1.82) is 0 Å². The highest BCUT2D eigenvalue weighted by Gasteiger charge is 2.15. The quantitative estimate of drug-likeness (QED) is 0.482. The maximum absolute atomic E-state index is 6.13. The highest BCUT2D eigenvalue weighted by Crippen LogP contribution is 2.31. The van der Waals surface area contributed by atoms with E-state index in [1.54, 1.807) is 7.11 Å². The van der Waals surface area contributed by atoms with Crippen molar-refractivity contribution in [3.8, 4) is 11.4 Å². The van der Waals surface area contributed by atoms with Gasteiger partial charge in [-0.1, -0.05) is 31.5 Å². The molecule has 0 saturated carbocycles. The molecular formula is C21H22ClN5O. The second-order valence-electron chi connectivity index (χ2n) is 7.09. The summed E-state index contributed by atoms with van der Waals surface area (Å²) in [6.07, 6.45) is 3.85. The average Bonchev–Trinajstić information content (AvgIpc) is 3.25. The minimum absolute atomic E-state index is 0.520. The first-order valence-corrected chi connectivity index (χ1v) is 9.53. The number of hydrogen-bond donors (Lipinski definition) is 1. The summed E-state index contributed by atoms with van der Waals surface area (Å²) in [5, 5.41) is 14.3. The predicted molar refractivity (Wildman–Crippen MR) is 113 cm³/mol. The number of hydrogen-bond acceptors (Lipinski definition) is 4. The van der Waals surface area contributed by atoms with Gasteiger partial charge in [0.05, 0.1) is 25.0 Å². The molecule has 0 aliphatic carbocycles. The van der Waals surface area contributed by atoms with Gasteiger partial charge in [0.15, 0.2) is 5.82 Å². The molecule has 0 fully saturated rings. The highest BCUT2D eigenvalue weighted by molar-refractivity contribution is 6.30. The van der Waals surface area contributed by atoms with Gasteiger partial charge in [-0.2, -0.15) is 5.10 Å². The Labute approximate surface area is 168 Å². The van der Waals surface area contributed by atoms with E-state index in [9.17, 15) is 0 Å². The number of aromatic nitrogens is 4. The molecule has 28 heavy (non-hydrogen) atoms. The van der Waals surface area contributed by atoms with Gasteiger partial charge in [0.1, 0.15) is 11.4 Å². The van der Waals surface area contributed by atoms with Crippen LogP contribution in [-0.4, -0.2) is 26.7 Å². The standard InChI is InChI=1S/C21H22ClN5O/c1-14(2)12-26-13-17(11-23-26)27-20-8-7-18(28-3)10-19(20)21(25-27)24-16-6-4-5-15(22)9-16/h4-11,13-14H,12H2,1-3H3,(H,24,25). The summed E-state index contributed by atoms with van der Waals surface area (Å²) in [6, 6.07) is 13.5. The molecule has 1 N–H and O–H groups in total. The normalized spacial score (nSPS) is 11.3. The van der Waals surface area contributed by atoms with Crippen LogP contribution in [0.15, 0.2) is 54.9 Å². The lowest BCUT2D eigenvalue weighted by Crippen LogP contribution is -2.04. The fraction of sp³-hybridized carbons (Fsp3) is 0.238. The van der Waals surface area contributed by atoms with Crippen LogP contribution in [0.1, 0.15) is 13.8 Å². The third-order valence-corrected chi connectivity index (χ3v) is 4.63. The third kappa shape index (κ3) is 3.68. The molecule has 4 aromatic rings. The zero-order chi connectivity index (χ0) is 19.7. The Bertz CT molecular complexity index is 1120. The molecule has 4 rings (SSSR count). The van der Waals surface area contributed by atoms with Crippen LogP contribution >= 0.6 is 11.6 Å². The number of methoxy groups -OCH3 is 1. The third-order valence-electron chi connectivity index (χ3n) is 4.39. The maximum Gasteiger partial charge on any atom is 0.160 e. The van der Waals surface area contributed by atoms with Gasteiger partial charge in [0, 0.05) is 22.6 Å². The molecule has 0 radical (unpaired) electrons. The minimum Gasteiger partial charge on any atom is -0.497 e. The number of ether oxygens (including phenoxy) is 1. The summed E-state index contributed by atoms with van der Waals surface area (Å²) >= 11 is 6.13. The van der Waals surface area contributed by atoms with Crippen molar-refractivity contribution in [2.24, 2.45) is 5.92 Å². The van der Waals surface area contributed by atoms with Crippen molar-refractivity contribution in [3.63, 3.8) is 0 Å². The zero-order valence-corrected chi connectivity index (χ0v) is 16.8. The number of anilines is 2. The molecule has 144 valence electrons. The molecular weight excluding hydrogens is 374 g/mol. The van der Waals surface area contributed by atoms with E-state index in [-0.39, 0.29) is 0 Å². The molecule has 0 atom stereocenters. The van der Waals surface area contributed by atoms with Crippen LogP contribution in [0.25, 0.3) is 16.6 Å². The smallest absolute Gasteiger partial charge is 0.160 e. The molecule has 0 spiro atoms.